The Balaban J connectivity index is 1.56. The molecule has 1 atom stereocenters. The molecule has 0 aliphatic carbocycles. The van der Waals surface area contributed by atoms with Gasteiger partial charge in [-0.15, -0.1) is 0 Å². The minimum absolute atomic E-state index is 0.0800. The Bertz CT molecular complexity index is 887. The molecule has 1 aliphatic rings. The molecule has 2 N–H and O–H groups in total. The molecule has 0 aromatic heterocycles. The summed E-state index contributed by atoms with van der Waals surface area (Å²) in [5.41, 5.74) is 1.65. The van der Waals surface area contributed by atoms with E-state index in [9.17, 15) is 13.2 Å². The highest BCUT2D eigenvalue weighted by atomic mass is 32.2. The van der Waals surface area contributed by atoms with Gasteiger partial charge in [0.15, 0.2) is 0 Å². The van der Waals surface area contributed by atoms with Crippen LogP contribution < -0.4 is 10.0 Å². The molecular formula is C20H22N2O4S. The summed E-state index contributed by atoms with van der Waals surface area (Å²) in [5.74, 6) is -0.205. The summed E-state index contributed by atoms with van der Waals surface area (Å²) in [6, 6.07) is 15.5. The molecule has 3 rings (SSSR count). The summed E-state index contributed by atoms with van der Waals surface area (Å²) in [6.45, 7) is 1.23. The van der Waals surface area contributed by atoms with Crippen molar-refractivity contribution in [3.05, 3.63) is 71.1 Å². The average molecular weight is 386 g/mol. The summed E-state index contributed by atoms with van der Waals surface area (Å²) < 4.78 is 32.2. The molecule has 0 saturated carbocycles. The zero-order valence-electron chi connectivity index (χ0n) is 14.8. The molecule has 0 radical (unpaired) electrons. The van der Waals surface area contributed by atoms with E-state index in [4.69, 9.17) is 4.74 Å². The molecule has 1 aliphatic heterocycles. The van der Waals surface area contributed by atoms with Crippen LogP contribution in [0.3, 0.4) is 0 Å². The van der Waals surface area contributed by atoms with E-state index in [-0.39, 0.29) is 12.0 Å². The van der Waals surface area contributed by atoms with Crippen LogP contribution in [0.25, 0.3) is 6.08 Å². The van der Waals surface area contributed by atoms with Crippen molar-refractivity contribution in [2.45, 2.75) is 18.9 Å². The fourth-order valence-corrected chi connectivity index (χ4v) is 3.60. The van der Waals surface area contributed by atoms with Gasteiger partial charge in [0.1, 0.15) is 0 Å². The van der Waals surface area contributed by atoms with E-state index in [0.29, 0.717) is 17.8 Å². The lowest BCUT2D eigenvalue weighted by molar-refractivity contribution is 0.0858. The van der Waals surface area contributed by atoms with Crippen molar-refractivity contribution < 1.29 is 17.9 Å². The first kappa shape index (κ1) is 19.1. The third-order valence-corrected chi connectivity index (χ3v) is 5.18. The Kier molecular flexibility index (Phi) is 6.26. The van der Waals surface area contributed by atoms with Crippen LogP contribution in [0, 0.1) is 0 Å². The summed E-state index contributed by atoms with van der Waals surface area (Å²) in [4.78, 5) is 12.1. The SMILES string of the molecule is O=C(NC[C@@H]1CCCO1)c1ccc(NS(=O)(=O)/C=C/c2ccccc2)cc1. The zero-order chi connectivity index (χ0) is 19.1. The van der Waals surface area contributed by atoms with Crippen LogP contribution in [0.15, 0.2) is 60.0 Å². The van der Waals surface area contributed by atoms with Crippen LogP contribution in [-0.2, 0) is 14.8 Å². The summed E-state index contributed by atoms with van der Waals surface area (Å²) in [5, 5.41) is 3.95. The molecule has 1 fully saturated rings. The molecule has 27 heavy (non-hydrogen) atoms. The minimum atomic E-state index is -3.63. The Morgan fingerprint density at radius 3 is 2.52 bits per heavy atom. The average Bonchev–Trinajstić information content (AvgIpc) is 3.19. The van der Waals surface area contributed by atoms with Crippen molar-refractivity contribution in [3.8, 4) is 0 Å². The van der Waals surface area contributed by atoms with E-state index in [1.807, 2.05) is 30.3 Å². The largest absolute Gasteiger partial charge is 0.376 e. The van der Waals surface area contributed by atoms with Gasteiger partial charge < -0.3 is 10.1 Å². The number of anilines is 1. The van der Waals surface area contributed by atoms with Gasteiger partial charge >= 0.3 is 0 Å². The molecule has 0 bridgehead atoms. The number of rotatable bonds is 7. The number of carbonyl (C=O) groups excluding carboxylic acids is 1. The van der Waals surface area contributed by atoms with Crippen molar-refractivity contribution in [1.29, 1.82) is 0 Å². The molecular weight excluding hydrogens is 364 g/mol. The van der Waals surface area contributed by atoms with E-state index in [1.54, 1.807) is 24.3 Å². The third kappa shape index (κ3) is 5.94. The lowest BCUT2D eigenvalue weighted by atomic mass is 10.2. The second-order valence-corrected chi connectivity index (χ2v) is 7.85. The van der Waals surface area contributed by atoms with Gasteiger partial charge in [0.2, 0.25) is 0 Å². The quantitative estimate of drug-likeness (QED) is 0.766. The van der Waals surface area contributed by atoms with Crippen molar-refractivity contribution in [2.24, 2.45) is 0 Å². The van der Waals surface area contributed by atoms with E-state index >= 15 is 0 Å². The monoisotopic (exact) mass is 386 g/mol. The van der Waals surface area contributed by atoms with Crippen LogP contribution >= 0.6 is 0 Å². The summed E-state index contributed by atoms with van der Waals surface area (Å²) in [7, 11) is -3.63. The molecule has 1 heterocycles. The number of carbonyl (C=O) groups is 1. The number of amides is 1. The number of ether oxygens (including phenoxy) is 1. The van der Waals surface area contributed by atoms with Crippen LogP contribution in [-0.4, -0.2) is 33.6 Å². The smallest absolute Gasteiger partial charge is 0.255 e. The highest BCUT2D eigenvalue weighted by Crippen LogP contribution is 2.14. The highest BCUT2D eigenvalue weighted by molar-refractivity contribution is 7.95. The Hall–Kier alpha value is -2.64. The number of nitrogens with one attached hydrogen (secondary N) is 2. The first-order valence-corrected chi connectivity index (χ1v) is 10.3. The Morgan fingerprint density at radius 1 is 1.11 bits per heavy atom. The molecule has 142 valence electrons. The van der Waals surface area contributed by atoms with Gasteiger partial charge in [0.25, 0.3) is 15.9 Å². The number of hydrogen-bond acceptors (Lipinski definition) is 4. The van der Waals surface area contributed by atoms with Gasteiger partial charge in [0, 0.05) is 24.4 Å². The lowest BCUT2D eigenvalue weighted by Crippen LogP contribution is -2.31. The fourth-order valence-electron chi connectivity index (χ4n) is 2.73. The highest BCUT2D eigenvalue weighted by Gasteiger charge is 2.16. The van der Waals surface area contributed by atoms with E-state index in [2.05, 4.69) is 10.0 Å². The van der Waals surface area contributed by atoms with Gasteiger partial charge in [-0.2, -0.15) is 0 Å². The minimum Gasteiger partial charge on any atom is -0.376 e. The van der Waals surface area contributed by atoms with Crippen LogP contribution in [0.1, 0.15) is 28.8 Å². The molecule has 2 aromatic rings. The van der Waals surface area contributed by atoms with Crippen LogP contribution in [0.2, 0.25) is 0 Å². The van der Waals surface area contributed by atoms with Crippen molar-refractivity contribution in [2.75, 3.05) is 17.9 Å². The van der Waals surface area contributed by atoms with Crippen molar-refractivity contribution >= 4 is 27.7 Å². The van der Waals surface area contributed by atoms with Gasteiger partial charge in [-0.25, -0.2) is 8.42 Å². The Labute approximate surface area is 159 Å². The topological polar surface area (TPSA) is 84.5 Å². The normalized spacial score (nSPS) is 17.1. The Morgan fingerprint density at radius 2 is 1.85 bits per heavy atom. The molecule has 6 nitrogen and oxygen atoms in total. The summed E-state index contributed by atoms with van der Waals surface area (Å²) >= 11 is 0. The molecule has 0 unspecified atom stereocenters. The molecule has 2 aromatic carbocycles. The van der Waals surface area contributed by atoms with Crippen molar-refractivity contribution in [1.82, 2.24) is 5.32 Å². The maximum absolute atomic E-state index is 12.2. The van der Waals surface area contributed by atoms with Gasteiger partial charge in [-0.1, -0.05) is 30.3 Å². The predicted molar refractivity (Wildman–Crippen MR) is 106 cm³/mol. The number of sulfonamides is 1. The maximum Gasteiger partial charge on any atom is 0.255 e. The second-order valence-electron chi connectivity index (χ2n) is 6.28. The van der Waals surface area contributed by atoms with Gasteiger partial charge in [0.05, 0.1) is 11.5 Å². The second kappa shape index (κ2) is 8.83. The first-order valence-electron chi connectivity index (χ1n) is 8.78. The summed E-state index contributed by atoms with van der Waals surface area (Å²) in [6.07, 6.45) is 3.58. The molecule has 1 amide bonds. The van der Waals surface area contributed by atoms with Crippen molar-refractivity contribution in [3.63, 3.8) is 0 Å². The van der Waals surface area contributed by atoms with Gasteiger partial charge in [-0.3, -0.25) is 9.52 Å². The first-order chi connectivity index (χ1) is 13.0. The van der Waals surface area contributed by atoms with Crippen LogP contribution in [0.4, 0.5) is 5.69 Å². The third-order valence-electron chi connectivity index (χ3n) is 4.16. The van der Waals surface area contributed by atoms with E-state index < -0.39 is 10.0 Å². The molecule has 0 spiro atoms. The molecule has 1 saturated heterocycles. The van der Waals surface area contributed by atoms with Crippen LogP contribution in [0.5, 0.6) is 0 Å². The zero-order valence-corrected chi connectivity index (χ0v) is 15.6. The van der Waals surface area contributed by atoms with E-state index in [0.717, 1.165) is 30.4 Å². The van der Waals surface area contributed by atoms with Gasteiger partial charge in [-0.05, 0) is 48.7 Å². The number of benzene rings is 2. The standard InChI is InChI=1S/C20H22N2O4S/c23-20(21-15-19-7-4-13-26-19)17-8-10-18(11-9-17)22-27(24,25)14-12-16-5-2-1-3-6-16/h1-3,5-6,8-12,14,19,22H,4,7,13,15H2,(H,21,23)/b14-12+/t19-/m0/s1. The maximum atomic E-state index is 12.2. The lowest BCUT2D eigenvalue weighted by Gasteiger charge is -2.11. The predicted octanol–water partition coefficient (Wildman–Crippen LogP) is 3.01. The van der Waals surface area contributed by atoms with E-state index in [1.165, 1.54) is 6.08 Å². The fraction of sp³-hybridized carbons (Fsp3) is 0.250. The number of hydrogen-bond donors (Lipinski definition) is 2. The molecule has 7 heteroatoms.